The largest absolute Gasteiger partial charge is 0.378 e. The molecule has 0 atom stereocenters. The second-order valence-electron chi connectivity index (χ2n) is 6.88. The van der Waals surface area contributed by atoms with Crippen molar-refractivity contribution in [3.8, 4) is 0 Å². The standard InChI is InChI=1S/C21H21BrFN7O/c1-14-6-7-18(16(22)12-14)25-19-26-20(28-21(27-19)30-8-10-31-11-9-30)29-24-13-15-4-2-3-5-17(15)23/h2-7,12-13H,8-11H2,1H3,(H2,25,26,27,28,29). The number of hydrogen-bond acceptors (Lipinski definition) is 8. The summed E-state index contributed by atoms with van der Waals surface area (Å²) in [6, 6.07) is 12.3. The van der Waals surface area contributed by atoms with Crippen molar-refractivity contribution < 1.29 is 9.13 Å². The number of benzene rings is 2. The molecule has 2 aromatic carbocycles. The summed E-state index contributed by atoms with van der Waals surface area (Å²) in [7, 11) is 0. The number of nitrogens with zero attached hydrogens (tertiary/aromatic N) is 5. The molecule has 160 valence electrons. The maximum atomic E-state index is 13.8. The molecule has 31 heavy (non-hydrogen) atoms. The van der Waals surface area contributed by atoms with E-state index in [0.717, 1.165) is 15.7 Å². The van der Waals surface area contributed by atoms with Gasteiger partial charge in [-0.25, -0.2) is 9.82 Å². The van der Waals surface area contributed by atoms with Crippen molar-refractivity contribution in [2.75, 3.05) is 41.9 Å². The van der Waals surface area contributed by atoms with Crippen molar-refractivity contribution in [3.63, 3.8) is 0 Å². The van der Waals surface area contributed by atoms with Gasteiger partial charge in [-0.05, 0) is 46.6 Å². The fraction of sp³-hybridized carbons (Fsp3) is 0.238. The van der Waals surface area contributed by atoms with E-state index in [4.69, 9.17) is 4.74 Å². The number of rotatable bonds is 6. The lowest BCUT2D eigenvalue weighted by atomic mass is 10.2. The zero-order valence-electron chi connectivity index (χ0n) is 16.8. The van der Waals surface area contributed by atoms with Gasteiger partial charge in [-0.1, -0.05) is 24.3 Å². The first-order valence-corrected chi connectivity index (χ1v) is 10.5. The minimum absolute atomic E-state index is 0.245. The lowest BCUT2D eigenvalue weighted by Gasteiger charge is -2.27. The predicted molar refractivity (Wildman–Crippen MR) is 123 cm³/mol. The van der Waals surface area contributed by atoms with Crippen LogP contribution in [0.5, 0.6) is 0 Å². The van der Waals surface area contributed by atoms with Gasteiger partial charge in [0.05, 0.1) is 25.1 Å². The molecule has 8 nitrogen and oxygen atoms in total. The van der Waals surface area contributed by atoms with Gasteiger partial charge in [-0.3, -0.25) is 0 Å². The second kappa shape index (κ2) is 9.80. The van der Waals surface area contributed by atoms with Crippen LogP contribution >= 0.6 is 15.9 Å². The monoisotopic (exact) mass is 485 g/mol. The Morgan fingerprint density at radius 2 is 1.87 bits per heavy atom. The quantitative estimate of drug-likeness (QED) is 0.401. The molecule has 1 aliphatic rings. The van der Waals surface area contributed by atoms with Crippen LogP contribution in [0.25, 0.3) is 0 Å². The number of nitrogens with one attached hydrogen (secondary N) is 2. The first-order valence-electron chi connectivity index (χ1n) is 9.74. The van der Waals surface area contributed by atoms with Crippen molar-refractivity contribution in [3.05, 3.63) is 63.9 Å². The van der Waals surface area contributed by atoms with E-state index < -0.39 is 0 Å². The number of hydrazone groups is 1. The number of ether oxygens (including phenoxy) is 1. The van der Waals surface area contributed by atoms with E-state index in [-0.39, 0.29) is 11.8 Å². The molecule has 10 heteroatoms. The number of aryl methyl sites for hydroxylation is 1. The topological polar surface area (TPSA) is 87.6 Å². The first-order chi connectivity index (χ1) is 15.1. The molecule has 0 unspecified atom stereocenters. The Kier molecular flexibility index (Phi) is 6.68. The fourth-order valence-corrected chi connectivity index (χ4v) is 3.55. The third kappa shape index (κ3) is 5.53. The Bertz CT molecular complexity index is 1090. The Hall–Kier alpha value is -3.11. The normalized spacial score (nSPS) is 14.1. The summed E-state index contributed by atoms with van der Waals surface area (Å²) in [6.45, 7) is 4.58. The maximum absolute atomic E-state index is 13.8. The average molecular weight is 486 g/mol. The van der Waals surface area contributed by atoms with Crippen LogP contribution in [0.15, 0.2) is 52.0 Å². The summed E-state index contributed by atoms with van der Waals surface area (Å²) in [5, 5.41) is 7.31. The van der Waals surface area contributed by atoms with Crippen molar-refractivity contribution >= 4 is 45.7 Å². The second-order valence-corrected chi connectivity index (χ2v) is 7.74. The number of hydrogen-bond donors (Lipinski definition) is 2. The Balaban J connectivity index is 1.60. The van der Waals surface area contributed by atoms with Gasteiger partial charge in [-0.2, -0.15) is 20.1 Å². The molecule has 0 saturated carbocycles. The SMILES string of the molecule is Cc1ccc(Nc2nc(NN=Cc3ccccc3F)nc(N3CCOCC3)n2)c(Br)c1. The summed E-state index contributed by atoms with van der Waals surface area (Å²) < 4.78 is 20.1. The van der Waals surface area contributed by atoms with Gasteiger partial charge >= 0.3 is 0 Å². The van der Waals surface area contributed by atoms with E-state index in [0.29, 0.717) is 43.8 Å². The van der Waals surface area contributed by atoms with Crippen LogP contribution in [0, 0.1) is 12.7 Å². The van der Waals surface area contributed by atoms with E-state index in [2.05, 4.69) is 46.7 Å². The van der Waals surface area contributed by atoms with Crippen LogP contribution in [0.2, 0.25) is 0 Å². The van der Waals surface area contributed by atoms with Crippen LogP contribution in [0.4, 0.5) is 27.9 Å². The molecule has 1 fully saturated rings. The first kappa shape index (κ1) is 21.1. The minimum Gasteiger partial charge on any atom is -0.378 e. The number of morpholine rings is 1. The minimum atomic E-state index is -0.357. The number of anilines is 4. The molecule has 0 spiro atoms. The molecule has 1 aliphatic heterocycles. The highest BCUT2D eigenvalue weighted by atomic mass is 79.9. The van der Waals surface area contributed by atoms with Crippen molar-refractivity contribution in [1.82, 2.24) is 15.0 Å². The lowest BCUT2D eigenvalue weighted by molar-refractivity contribution is 0.122. The molecule has 4 rings (SSSR count). The van der Waals surface area contributed by atoms with Crippen LogP contribution in [-0.4, -0.2) is 47.5 Å². The lowest BCUT2D eigenvalue weighted by Crippen LogP contribution is -2.37. The van der Waals surface area contributed by atoms with Crippen LogP contribution in [0.1, 0.15) is 11.1 Å². The van der Waals surface area contributed by atoms with Gasteiger partial charge in [0.2, 0.25) is 17.8 Å². The zero-order valence-corrected chi connectivity index (χ0v) is 18.4. The highest BCUT2D eigenvalue weighted by molar-refractivity contribution is 9.10. The van der Waals surface area contributed by atoms with E-state index in [1.54, 1.807) is 18.2 Å². The maximum Gasteiger partial charge on any atom is 0.250 e. The molecule has 1 aromatic heterocycles. The van der Waals surface area contributed by atoms with E-state index in [1.165, 1.54) is 12.3 Å². The smallest absolute Gasteiger partial charge is 0.250 e. The van der Waals surface area contributed by atoms with Crippen molar-refractivity contribution in [1.29, 1.82) is 0 Å². The summed E-state index contributed by atoms with van der Waals surface area (Å²) in [5.41, 5.74) is 5.10. The summed E-state index contributed by atoms with van der Waals surface area (Å²) >= 11 is 3.56. The average Bonchev–Trinajstić information content (AvgIpc) is 2.78. The number of aromatic nitrogens is 3. The molecule has 0 aliphatic carbocycles. The van der Waals surface area contributed by atoms with Crippen molar-refractivity contribution in [2.45, 2.75) is 6.92 Å². The van der Waals surface area contributed by atoms with Crippen molar-refractivity contribution in [2.24, 2.45) is 5.10 Å². The Labute approximate surface area is 187 Å². The third-order valence-electron chi connectivity index (χ3n) is 4.56. The summed E-state index contributed by atoms with van der Waals surface area (Å²) in [4.78, 5) is 15.5. The van der Waals surface area contributed by atoms with E-state index >= 15 is 0 Å². The molecule has 1 saturated heterocycles. The van der Waals surface area contributed by atoms with Gasteiger partial charge in [0.1, 0.15) is 5.82 Å². The van der Waals surface area contributed by atoms with Gasteiger partial charge in [0, 0.05) is 23.1 Å². The molecule has 2 N–H and O–H groups in total. The van der Waals surface area contributed by atoms with E-state index in [9.17, 15) is 4.39 Å². The van der Waals surface area contributed by atoms with Crippen LogP contribution in [-0.2, 0) is 4.74 Å². The van der Waals surface area contributed by atoms with Crippen LogP contribution in [0.3, 0.4) is 0 Å². The van der Waals surface area contributed by atoms with Gasteiger partial charge in [0.15, 0.2) is 0 Å². The number of halogens is 2. The summed E-state index contributed by atoms with van der Waals surface area (Å²) in [5.74, 6) is 0.761. The molecular formula is C21H21BrFN7O. The molecule has 0 amide bonds. The Morgan fingerprint density at radius 3 is 2.65 bits per heavy atom. The van der Waals surface area contributed by atoms with E-state index in [1.807, 2.05) is 30.0 Å². The Morgan fingerprint density at radius 1 is 1.10 bits per heavy atom. The molecule has 3 aromatic rings. The predicted octanol–water partition coefficient (Wildman–Crippen LogP) is 4.11. The van der Waals surface area contributed by atoms with Gasteiger partial charge in [-0.15, -0.1) is 0 Å². The fourth-order valence-electron chi connectivity index (χ4n) is 2.96. The molecular weight excluding hydrogens is 465 g/mol. The van der Waals surface area contributed by atoms with Gasteiger partial charge < -0.3 is 15.0 Å². The summed E-state index contributed by atoms with van der Waals surface area (Å²) in [6.07, 6.45) is 1.39. The molecule has 2 heterocycles. The zero-order chi connectivity index (χ0) is 21.6. The van der Waals surface area contributed by atoms with Crippen LogP contribution < -0.4 is 15.6 Å². The molecule has 0 bridgehead atoms. The highest BCUT2D eigenvalue weighted by Gasteiger charge is 2.17. The molecule has 0 radical (unpaired) electrons. The van der Waals surface area contributed by atoms with Gasteiger partial charge in [0.25, 0.3) is 0 Å². The highest BCUT2D eigenvalue weighted by Crippen LogP contribution is 2.26. The third-order valence-corrected chi connectivity index (χ3v) is 5.22.